The maximum Gasteiger partial charge on any atom is 0.133 e. The molecule has 0 fully saturated rings. The third-order valence-electron chi connectivity index (χ3n) is 1.06. The van der Waals surface area contributed by atoms with Gasteiger partial charge in [0.05, 0.1) is 5.69 Å². The third-order valence-corrected chi connectivity index (χ3v) is 1.73. The van der Waals surface area contributed by atoms with Crippen LogP contribution in [0.3, 0.4) is 0 Å². The predicted octanol–water partition coefficient (Wildman–Crippen LogP) is 3.37. The van der Waals surface area contributed by atoms with Gasteiger partial charge in [-0.1, -0.05) is 5.11 Å². The molecule has 0 aromatic heterocycles. The van der Waals surface area contributed by atoms with Crippen LogP contribution in [0.15, 0.2) is 23.3 Å². The minimum atomic E-state index is -0.491. The van der Waals surface area contributed by atoms with Gasteiger partial charge in [0.25, 0.3) is 0 Å². The molecule has 0 saturated carbocycles. The van der Waals surface area contributed by atoms with Crippen molar-refractivity contribution in [1.29, 1.82) is 0 Å². The third kappa shape index (κ3) is 2.06. The highest BCUT2D eigenvalue weighted by atomic mass is 127. The van der Waals surface area contributed by atoms with Gasteiger partial charge < -0.3 is 0 Å². The van der Waals surface area contributed by atoms with Gasteiger partial charge in [-0.3, -0.25) is 0 Å². The summed E-state index contributed by atoms with van der Waals surface area (Å²) in [5.74, 6) is -0.491. The Morgan fingerprint density at radius 1 is 1.55 bits per heavy atom. The van der Waals surface area contributed by atoms with Gasteiger partial charge in [0.2, 0.25) is 0 Å². The lowest BCUT2D eigenvalue weighted by molar-refractivity contribution is 0.628. The van der Waals surface area contributed by atoms with Gasteiger partial charge in [0, 0.05) is 8.48 Å². The highest BCUT2D eigenvalue weighted by molar-refractivity contribution is 14.1. The summed E-state index contributed by atoms with van der Waals surface area (Å²) >= 11 is 1.98. The summed E-state index contributed by atoms with van der Waals surface area (Å²) in [4.78, 5) is 2.48. The molecule has 3 nitrogen and oxygen atoms in total. The van der Waals surface area contributed by atoms with Crippen LogP contribution < -0.4 is 0 Å². The minimum absolute atomic E-state index is 0.0351. The zero-order valence-electron chi connectivity index (χ0n) is 5.33. The molecule has 0 aliphatic carbocycles. The molecule has 1 rings (SSSR count). The van der Waals surface area contributed by atoms with Crippen LogP contribution in [0, 0.1) is 9.39 Å². The van der Waals surface area contributed by atoms with E-state index in [0.29, 0.717) is 0 Å². The number of hydrogen-bond donors (Lipinski definition) is 0. The molecule has 0 aliphatic heterocycles. The summed E-state index contributed by atoms with van der Waals surface area (Å²) in [6.07, 6.45) is 0. The molecule has 0 spiro atoms. The molecule has 0 N–H and O–H groups in total. The van der Waals surface area contributed by atoms with E-state index in [1.54, 1.807) is 6.07 Å². The van der Waals surface area contributed by atoms with E-state index in [-0.39, 0.29) is 5.69 Å². The van der Waals surface area contributed by atoms with Crippen LogP contribution in [0.25, 0.3) is 10.4 Å². The summed E-state index contributed by atoms with van der Waals surface area (Å²) in [6, 6.07) is 4.43. The highest BCUT2D eigenvalue weighted by Gasteiger charge is 1.98. The molecule has 0 aliphatic rings. The van der Waals surface area contributed by atoms with Gasteiger partial charge in [-0.15, -0.1) is 0 Å². The first-order chi connectivity index (χ1) is 5.24. The van der Waals surface area contributed by atoms with E-state index in [0.717, 1.165) is 3.57 Å². The Kier molecular flexibility index (Phi) is 2.67. The van der Waals surface area contributed by atoms with Crippen LogP contribution >= 0.6 is 22.6 Å². The van der Waals surface area contributed by atoms with Crippen molar-refractivity contribution < 1.29 is 4.39 Å². The van der Waals surface area contributed by atoms with E-state index in [2.05, 4.69) is 10.0 Å². The Morgan fingerprint density at radius 3 is 2.82 bits per heavy atom. The first-order valence-corrected chi connectivity index (χ1v) is 3.82. The van der Waals surface area contributed by atoms with Gasteiger partial charge in [-0.05, 0) is 46.3 Å². The second-order valence-corrected chi connectivity index (χ2v) is 3.03. The van der Waals surface area contributed by atoms with Crippen LogP contribution in [0.2, 0.25) is 0 Å². The first kappa shape index (κ1) is 8.29. The molecule has 5 heteroatoms. The lowest BCUT2D eigenvalue weighted by atomic mass is 10.3. The van der Waals surface area contributed by atoms with E-state index in [1.807, 2.05) is 22.6 Å². The molecular weight excluding hydrogens is 260 g/mol. The molecule has 0 atom stereocenters. The summed E-state index contributed by atoms with van der Waals surface area (Å²) in [5.41, 5.74) is 8.04. The number of halogens is 2. The molecule has 0 heterocycles. The lowest BCUT2D eigenvalue weighted by Gasteiger charge is -1.93. The van der Waals surface area contributed by atoms with Crippen LogP contribution in [0.1, 0.15) is 0 Å². The topological polar surface area (TPSA) is 48.8 Å². The molecule has 1 aromatic carbocycles. The normalized spacial score (nSPS) is 8.91. The Bertz CT molecular complexity index is 320. The minimum Gasteiger partial charge on any atom is -0.206 e. The second-order valence-electron chi connectivity index (χ2n) is 1.79. The largest absolute Gasteiger partial charge is 0.206 e. The van der Waals surface area contributed by atoms with Crippen LogP contribution in [-0.4, -0.2) is 0 Å². The molecule has 56 valence electrons. The summed E-state index contributed by atoms with van der Waals surface area (Å²) in [6.45, 7) is 0. The van der Waals surface area contributed by atoms with Crippen LogP contribution in [0.5, 0.6) is 0 Å². The smallest absolute Gasteiger partial charge is 0.133 e. The van der Waals surface area contributed by atoms with E-state index in [1.165, 1.54) is 12.1 Å². The second kappa shape index (κ2) is 3.54. The van der Waals surface area contributed by atoms with E-state index in [4.69, 9.17) is 5.53 Å². The Morgan fingerprint density at radius 2 is 2.27 bits per heavy atom. The average molecular weight is 263 g/mol. The molecular formula is C6H3FIN3. The number of azide groups is 1. The summed E-state index contributed by atoms with van der Waals surface area (Å²) < 4.78 is 13.5. The maximum atomic E-state index is 12.8. The quantitative estimate of drug-likeness (QED) is 0.323. The van der Waals surface area contributed by atoms with Crippen molar-refractivity contribution in [2.24, 2.45) is 5.11 Å². The van der Waals surface area contributed by atoms with Crippen molar-refractivity contribution in [3.05, 3.63) is 38.0 Å². The molecule has 0 unspecified atom stereocenters. The highest BCUT2D eigenvalue weighted by Crippen LogP contribution is 2.19. The molecule has 1 aromatic rings. The number of hydrogen-bond acceptors (Lipinski definition) is 1. The van der Waals surface area contributed by atoms with Crippen molar-refractivity contribution >= 4 is 28.3 Å². The fourth-order valence-corrected chi connectivity index (χ4v) is 1.06. The van der Waals surface area contributed by atoms with Crippen molar-refractivity contribution in [3.8, 4) is 0 Å². The number of nitrogens with zero attached hydrogens (tertiary/aromatic N) is 3. The van der Waals surface area contributed by atoms with E-state index >= 15 is 0 Å². The Hall–Kier alpha value is -0.810. The first-order valence-electron chi connectivity index (χ1n) is 2.74. The SMILES string of the molecule is [N-]=[N+]=Nc1ccc(I)cc1F. The fraction of sp³-hybridized carbons (Fsp3) is 0. The Balaban J connectivity index is 3.19. The molecule has 0 saturated heterocycles. The van der Waals surface area contributed by atoms with Gasteiger partial charge in [0.15, 0.2) is 0 Å². The predicted molar refractivity (Wildman–Crippen MR) is 47.9 cm³/mol. The molecule has 0 bridgehead atoms. The van der Waals surface area contributed by atoms with Gasteiger partial charge >= 0.3 is 0 Å². The fourth-order valence-electron chi connectivity index (χ4n) is 0.611. The molecule has 0 amide bonds. The molecule has 0 radical (unpaired) electrons. The standard InChI is InChI=1S/C6H3FIN3/c7-5-3-4(8)1-2-6(5)10-11-9/h1-3H. The molecule has 11 heavy (non-hydrogen) atoms. The van der Waals surface area contributed by atoms with E-state index < -0.39 is 5.82 Å². The maximum absolute atomic E-state index is 12.8. The zero-order valence-corrected chi connectivity index (χ0v) is 7.49. The van der Waals surface area contributed by atoms with Crippen molar-refractivity contribution in [1.82, 2.24) is 0 Å². The van der Waals surface area contributed by atoms with Crippen molar-refractivity contribution in [3.63, 3.8) is 0 Å². The lowest BCUT2D eigenvalue weighted by Crippen LogP contribution is -1.75. The van der Waals surface area contributed by atoms with Crippen LogP contribution in [-0.2, 0) is 0 Å². The summed E-state index contributed by atoms with van der Waals surface area (Å²) in [7, 11) is 0. The van der Waals surface area contributed by atoms with Gasteiger partial charge in [-0.25, -0.2) is 4.39 Å². The van der Waals surface area contributed by atoms with Gasteiger partial charge in [-0.2, -0.15) is 0 Å². The van der Waals surface area contributed by atoms with Crippen molar-refractivity contribution in [2.75, 3.05) is 0 Å². The van der Waals surface area contributed by atoms with Crippen LogP contribution in [0.4, 0.5) is 10.1 Å². The van der Waals surface area contributed by atoms with E-state index in [9.17, 15) is 4.39 Å². The Labute approximate surface area is 76.0 Å². The zero-order chi connectivity index (χ0) is 8.27. The number of benzene rings is 1. The van der Waals surface area contributed by atoms with Crippen molar-refractivity contribution in [2.45, 2.75) is 0 Å². The average Bonchev–Trinajstić information content (AvgIpc) is 1.95. The monoisotopic (exact) mass is 263 g/mol. The van der Waals surface area contributed by atoms with Gasteiger partial charge in [0.1, 0.15) is 5.82 Å². The summed E-state index contributed by atoms with van der Waals surface area (Å²) in [5, 5.41) is 3.15. The number of rotatable bonds is 1.